The highest BCUT2D eigenvalue weighted by Crippen LogP contribution is 2.64. The Kier molecular flexibility index (Phi) is 15.3. The molecule has 2 aliphatic rings. The highest BCUT2D eigenvalue weighted by Gasteiger charge is 2.76. The molecule has 0 aromatic heterocycles. The molecule has 0 N–H and O–H groups in total. The fraction of sp³-hybridized carbons (Fsp3) is 1.00. The largest absolute Gasteiger partial charge is 0.403 e. The van der Waals surface area contributed by atoms with Gasteiger partial charge in [0, 0.05) is 13.2 Å². The Balaban J connectivity index is 0.00000242. The highest BCUT2D eigenvalue weighted by molar-refractivity contribution is 5.05. The molecule has 2 fully saturated rings. The van der Waals surface area contributed by atoms with Gasteiger partial charge in [-0.3, -0.25) is 0 Å². The van der Waals surface area contributed by atoms with E-state index in [1.165, 1.54) is 0 Å². The number of alkyl halides is 6. The normalized spacial score (nSPS) is 26.5. The molecule has 0 aromatic rings. The third kappa shape index (κ3) is 8.29. The summed E-state index contributed by atoms with van der Waals surface area (Å²) in [6.45, 7) is 12.8. The van der Waals surface area contributed by atoms with Gasteiger partial charge >= 0.3 is 12.4 Å². The van der Waals surface area contributed by atoms with E-state index in [0.717, 1.165) is 12.8 Å². The first-order valence-electron chi connectivity index (χ1n) is 12.9. The second-order valence-electron chi connectivity index (χ2n) is 8.55. The molecule has 0 bridgehead atoms. The van der Waals surface area contributed by atoms with E-state index >= 15 is 0 Å². The van der Waals surface area contributed by atoms with Gasteiger partial charge < -0.3 is 9.47 Å². The molecule has 8 heteroatoms. The van der Waals surface area contributed by atoms with Crippen LogP contribution >= 0.6 is 0 Å². The Labute approximate surface area is 197 Å². The minimum Gasteiger partial charge on any atom is -0.378 e. The standard InChI is InChI=1S/C21H34F6O2.2C2H6/c1-3-13-28-17-9-5-15(6-10-17)19(20(22,23)24,21(25,26)27)16-7-11-18(12-8-16)29-14-4-2;2*1-2/h15-18H,3-14H2,1-2H3;2*1-2H3. The van der Waals surface area contributed by atoms with Crippen LogP contribution in [0.5, 0.6) is 0 Å². The number of hydrogen-bond donors (Lipinski definition) is 0. The van der Waals surface area contributed by atoms with Crippen molar-refractivity contribution in [1.82, 2.24) is 0 Å². The van der Waals surface area contributed by atoms with E-state index in [9.17, 15) is 26.3 Å². The Morgan fingerprint density at radius 3 is 1.03 bits per heavy atom. The minimum atomic E-state index is -5.32. The van der Waals surface area contributed by atoms with Crippen LogP contribution in [0.15, 0.2) is 0 Å². The quantitative estimate of drug-likeness (QED) is 0.315. The van der Waals surface area contributed by atoms with Crippen LogP contribution in [-0.4, -0.2) is 37.8 Å². The van der Waals surface area contributed by atoms with Gasteiger partial charge in [0.15, 0.2) is 5.41 Å². The van der Waals surface area contributed by atoms with Crippen molar-refractivity contribution in [3.63, 3.8) is 0 Å². The number of halogens is 6. The van der Waals surface area contributed by atoms with Crippen LogP contribution in [-0.2, 0) is 9.47 Å². The molecule has 0 amide bonds. The van der Waals surface area contributed by atoms with Gasteiger partial charge in [0.1, 0.15) is 0 Å². The van der Waals surface area contributed by atoms with E-state index in [1.807, 2.05) is 41.5 Å². The van der Waals surface area contributed by atoms with Crippen LogP contribution in [0.4, 0.5) is 26.3 Å². The topological polar surface area (TPSA) is 18.5 Å². The van der Waals surface area contributed by atoms with Gasteiger partial charge in [-0.1, -0.05) is 41.5 Å². The predicted octanol–water partition coefficient (Wildman–Crippen LogP) is 9.12. The molecule has 0 saturated heterocycles. The number of rotatable bonds is 8. The molecule has 0 aliphatic heterocycles. The molecule has 2 rings (SSSR count). The van der Waals surface area contributed by atoms with Crippen LogP contribution in [0, 0.1) is 17.3 Å². The summed E-state index contributed by atoms with van der Waals surface area (Å²) in [5, 5.41) is 0. The van der Waals surface area contributed by atoms with Gasteiger partial charge in [-0.25, -0.2) is 0 Å². The van der Waals surface area contributed by atoms with Crippen molar-refractivity contribution in [1.29, 1.82) is 0 Å². The predicted molar refractivity (Wildman–Crippen MR) is 121 cm³/mol. The first-order chi connectivity index (χ1) is 15.6. The van der Waals surface area contributed by atoms with Crippen LogP contribution in [0.1, 0.15) is 106 Å². The molecule has 2 saturated carbocycles. The maximum absolute atomic E-state index is 14.3. The van der Waals surface area contributed by atoms with E-state index in [0.29, 0.717) is 13.2 Å². The van der Waals surface area contributed by atoms with Crippen molar-refractivity contribution in [3.8, 4) is 0 Å². The third-order valence-corrected chi connectivity index (χ3v) is 6.69. The molecule has 2 nitrogen and oxygen atoms in total. The molecule has 0 aromatic carbocycles. The van der Waals surface area contributed by atoms with Crippen LogP contribution < -0.4 is 0 Å². The van der Waals surface area contributed by atoms with E-state index in [2.05, 4.69) is 0 Å². The molecule has 200 valence electrons. The van der Waals surface area contributed by atoms with Crippen molar-refractivity contribution >= 4 is 0 Å². The summed E-state index contributed by atoms with van der Waals surface area (Å²) in [6, 6.07) is 0. The van der Waals surface area contributed by atoms with E-state index < -0.39 is 29.6 Å². The maximum atomic E-state index is 14.3. The Morgan fingerprint density at radius 1 is 0.545 bits per heavy atom. The fourth-order valence-corrected chi connectivity index (χ4v) is 5.36. The molecule has 0 heterocycles. The summed E-state index contributed by atoms with van der Waals surface area (Å²) < 4.78 is 96.7. The SMILES string of the molecule is CC.CC.CCCOC1CCC(C(C2CCC(OCCC)CC2)(C(F)(F)F)C(F)(F)F)CC1. The first-order valence-corrected chi connectivity index (χ1v) is 12.9. The zero-order chi connectivity index (χ0) is 25.7. The van der Waals surface area contributed by atoms with Crippen molar-refractivity contribution in [2.75, 3.05) is 13.2 Å². The lowest BCUT2D eigenvalue weighted by Gasteiger charge is -2.51. The molecular weight excluding hydrogens is 446 g/mol. The van der Waals surface area contributed by atoms with Crippen LogP contribution in [0.2, 0.25) is 0 Å². The first kappa shape index (κ1) is 32.5. The molecule has 2 aliphatic carbocycles. The molecule has 0 unspecified atom stereocenters. The van der Waals surface area contributed by atoms with E-state index in [1.54, 1.807) is 0 Å². The average Bonchev–Trinajstić information content (AvgIpc) is 2.79. The minimum absolute atomic E-state index is 0.0976. The van der Waals surface area contributed by atoms with Gasteiger partial charge in [0.05, 0.1) is 12.2 Å². The molecule has 33 heavy (non-hydrogen) atoms. The summed E-state index contributed by atoms with van der Waals surface area (Å²) in [6.07, 6.45) is -8.92. The summed E-state index contributed by atoms with van der Waals surface area (Å²) >= 11 is 0. The Hall–Kier alpha value is -0.500. The van der Waals surface area contributed by atoms with Gasteiger partial charge in [-0.05, 0) is 76.0 Å². The average molecular weight is 493 g/mol. The second-order valence-corrected chi connectivity index (χ2v) is 8.55. The maximum Gasteiger partial charge on any atom is 0.403 e. The monoisotopic (exact) mass is 492 g/mol. The Bertz CT molecular complexity index is 432. The lowest BCUT2D eigenvalue weighted by molar-refractivity contribution is -0.383. The van der Waals surface area contributed by atoms with Crippen LogP contribution in [0.3, 0.4) is 0 Å². The third-order valence-electron chi connectivity index (χ3n) is 6.69. The smallest absolute Gasteiger partial charge is 0.378 e. The van der Waals surface area contributed by atoms with E-state index in [4.69, 9.17) is 9.47 Å². The zero-order valence-electron chi connectivity index (χ0n) is 21.4. The fourth-order valence-electron chi connectivity index (χ4n) is 5.36. The molecular formula is C25H46F6O2. The van der Waals surface area contributed by atoms with Crippen molar-refractivity contribution in [2.45, 2.75) is 130 Å². The zero-order valence-corrected chi connectivity index (χ0v) is 21.4. The molecule has 0 spiro atoms. The van der Waals surface area contributed by atoms with Gasteiger partial charge in [0.25, 0.3) is 0 Å². The lowest BCUT2D eigenvalue weighted by Crippen LogP contribution is -2.61. The summed E-state index contributed by atoms with van der Waals surface area (Å²) in [4.78, 5) is 0. The molecule has 0 radical (unpaired) electrons. The van der Waals surface area contributed by atoms with Crippen LogP contribution in [0.25, 0.3) is 0 Å². The highest BCUT2D eigenvalue weighted by atomic mass is 19.4. The summed E-state index contributed by atoms with van der Waals surface area (Å²) in [7, 11) is 0. The van der Waals surface area contributed by atoms with Crippen molar-refractivity contribution in [3.05, 3.63) is 0 Å². The number of ether oxygens (including phenoxy) is 2. The van der Waals surface area contributed by atoms with Gasteiger partial charge in [-0.2, -0.15) is 26.3 Å². The van der Waals surface area contributed by atoms with Crippen molar-refractivity contribution < 1.29 is 35.8 Å². The van der Waals surface area contributed by atoms with E-state index in [-0.39, 0.29) is 63.6 Å². The summed E-state index contributed by atoms with van der Waals surface area (Å²) in [5.41, 5.74) is -3.63. The Morgan fingerprint density at radius 2 is 0.818 bits per heavy atom. The van der Waals surface area contributed by atoms with Gasteiger partial charge in [-0.15, -0.1) is 0 Å². The second kappa shape index (κ2) is 15.5. The van der Waals surface area contributed by atoms with Crippen molar-refractivity contribution in [2.24, 2.45) is 17.3 Å². The lowest BCUT2D eigenvalue weighted by atomic mass is 9.57. The summed E-state index contributed by atoms with van der Waals surface area (Å²) in [5.74, 6) is -2.89. The van der Waals surface area contributed by atoms with Gasteiger partial charge in [0.2, 0.25) is 0 Å². The number of hydrogen-bond acceptors (Lipinski definition) is 2. The molecule has 0 atom stereocenters.